The van der Waals surface area contributed by atoms with Gasteiger partial charge in [0.15, 0.2) is 5.03 Å². The molecule has 0 spiro atoms. The minimum absolute atomic E-state index is 0.0308. The molecule has 0 aliphatic rings. The minimum Gasteiger partial charge on any atom is -0.383 e. The molecule has 8 heteroatoms. The smallest absolute Gasteiger partial charge is 0.260 e. The second kappa shape index (κ2) is 7.94. The van der Waals surface area contributed by atoms with Gasteiger partial charge in [0.25, 0.3) is 10.0 Å². The number of sulfonamides is 1. The summed E-state index contributed by atoms with van der Waals surface area (Å²) in [6.07, 6.45) is 1.50. The Bertz CT molecular complexity index is 573. The highest BCUT2D eigenvalue weighted by atomic mass is 32.2. The highest BCUT2D eigenvalue weighted by molar-refractivity contribution is 7.89. The van der Waals surface area contributed by atoms with Crippen LogP contribution in [0.4, 0.5) is 5.69 Å². The van der Waals surface area contributed by atoms with E-state index in [0.717, 1.165) is 0 Å². The molecule has 1 rings (SSSR count). The predicted octanol–water partition coefficient (Wildman–Crippen LogP) is 0.706. The number of carbonyl (C=O) groups is 1. The maximum atomic E-state index is 12.2. The molecule has 1 aromatic heterocycles. The molecule has 0 saturated heterocycles. The highest BCUT2D eigenvalue weighted by Crippen LogP contribution is 2.17. The van der Waals surface area contributed by atoms with Crippen LogP contribution in [0.1, 0.15) is 27.2 Å². The van der Waals surface area contributed by atoms with Crippen molar-refractivity contribution in [1.29, 1.82) is 0 Å². The molecule has 1 aromatic rings. The van der Waals surface area contributed by atoms with Crippen LogP contribution in [0.2, 0.25) is 0 Å². The molecular formula is C13H22N4O3S. The van der Waals surface area contributed by atoms with Crippen LogP contribution in [-0.4, -0.2) is 38.4 Å². The number of amides is 1. The summed E-state index contributed by atoms with van der Waals surface area (Å²) in [5, 5.41) is 5.59. The largest absolute Gasteiger partial charge is 0.383 e. The Kier molecular flexibility index (Phi) is 6.57. The summed E-state index contributed by atoms with van der Waals surface area (Å²) < 4.78 is 26.8. The van der Waals surface area contributed by atoms with E-state index in [1.165, 1.54) is 6.20 Å². The van der Waals surface area contributed by atoms with Crippen molar-refractivity contribution in [1.82, 2.24) is 15.0 Å². The van der Waals surface area contributed by atoms with Crippen LogP contribution in [0.5, 0.6) is 0 Å². The predicted molar refractivity (Wildman–Crippen MR) is 81.5 cm³/mol. The second-order valence-corrected chi connectivity index (χ2v) is 6.44. The van der Waals surface area contributed by atoms with Crippen LogP contribution in [0.15, 0.2) is 23.4 Å². The van der Waals surface area contributed by atoms with E-state index in [9.17, 15) is 13.2 Å². The van der Waals surface area contributed by atoms with Crippen molar-refractivity contribution in [3.8, 4) is 0 Å². The summed E-state index contributed by atoms with van der Waals surface area (Å²) in [5.41, 5.74) is 0.444. The van der Waals surface area contributed by atoms with Crippen LogP contribution >= 0.6 is 0 Å². The summed E-state index contributed by atoms with van der Waals surface area (Å²) in [4.78, 5) is 15.4. The van der Waals surface area contributed by atoms with Crippen molar-refractivity contribution in [3.05, 3.63) is 18.3 Å². The zero-order valence-corrected chi connectivity index (χ0v) is 13.3. The van der Waals surface area contributed by atoms with Gasteiger partial charge in [0.05, 0.1) is 5.69 Å². The van der Waals surface area contributed by atoms with E-state index < -0.39 is 10.0 Å². The van der Waals surface area contributed by atoms with Crippen LogP contribution in [0, 0.1) is 0 Å². The molecule has 3 N–H and O–H groups in total. The highest BCUT2D eigenvalue weighted by Gasteiger charge is 2.19. The zero-order valence-electron chi connectivity index (χ0n) is 12.5. The van der Waals surface area contributed by atoms with Gasteiger partial charge in [-0.15, -0.1) is 0 Å². The Balaban J connectivity index is 2.68. The molecule has 21 heavy (non-hydrogen) atoms. The number of pyridine rings is 1. The molecule has 1 amide bonds. The fraction of sp³-hybridized carbons (Fsp3) is 0.538. The van der Waals surface area contributed by atoms with Crippen molar-refractivity contribution < 1.29 is 13.2 Å². The summed E-state index contributed by atoms with van der Waals surface area (Å²) in [7, 11) is -3.74. The fourth-order valence-corrected chi connectivity index (χ4v) is 2.83. The normalized spacial score (nSPS) is 11.4. The molecule has 0 saturated carbocycles. The summed E-state index contributed by atoms with van der Waals surface area (Å²) in [6.45, 7) is 6.18. The Labute approximate surface area is 125 Å². The van der Waals surface area contributed by atoms with Gasteiger partial charge < -0.3 is 10.6 Å². The first-order chi connectivity index (χ1) is 9.86. The Hall–Kier alpha value is -1.67. The van der Waals surface area contributed by atoms with Gasteiger partial charge in [-0.05, 0) is 32.9 Å². The van der Waals surface area contributed by atoms with Gasteiger partial charge in [0, 0.05) is 31.7 Å². The fourth-order valence-electron chi connectivity index (χ4n) is 1.69. The van der Waals surface area contributed by atoms with Crippen LogP contribution in [0.3, 0.4) is 0 Å². The molecule has 7 nitrogen and oxygen atoms in total. The molecule has 118 valence electrons. The molecule has 0 atom stereocenters. The van der Waals surface area contributed by atoms with E-state index >= 15 is 0 Å². The van der Waals surface area contributed by atoms with Gasteiger partial charge in [0.2, 0.25) is 5.91 Å². The van der Waals surface area contributed by atoms with Gasteiger partial charge in [0.1, 0.15) is 0 Å². The lowest BCUT2D eigenvalue weighted by atomic mass is 10.3. The van der Waals surface area contributed by atoms with Gasteiger partial charge in [-0.1, -0.05) is 0 Å². The zero-order chi connectivity index (χ0) is 15.9. The van der Waals surface area contributed by atoms with Crippen molar-refractivity contribution in [3.63, 3.8) is 0 Å². The molecule has 0 aromatic carbocycles. The van der Waals surface area contributed by atoms with E-state index in [0.29, 0.717) is 12.2 Å². The number of carbonyl (C=O) groups excluding carboxylic acids is 1. The Morgan fingerprint density at radius 3 is 2.71 bits per heavy atom. The van der Waals surface area contributed by atoms with Crippen LogP contribution in [-0.2, 0) is 14.8 Å². The SMILES string of the molecule is CCNc1cccnc1S(=O)(=O)NCCC(=O)NC(C)C. The topological polar surface area (TPSA) is 100 Å². The first-order valence-electron chi connectivity index (χ1n) is 6.84. The van der Waals surface area contributed by atoms with Crippen molar-refractivity contribution in [2.45, 2.75) is 38.3 Å². The van der Waals surface area contributed by atoms with E-state index in [4.69, 9.17) is 0 Å². The number of nitrogens with one attached hydrogen (secondary N) is 3. The number of anilines is 1. The number of aromatic nitrogens is 1. The van der Waals surface area contributed by atoms with E-state index in [1.54, 1.807) is 12.1 Å². The van der Waals surface area contributed by atoms with Crippen molar-refractivity contribution in [2.75, 3.05) is 18.4 Å². The number of hydrogen-bond donors (Lipinski definition) is 3. The number of nitrogens with zero attached hydrogens (tertiary/aromatic N) is 1. The van der Waals surface area contributed by atoms with Gasteiger partial charge in [-0.25, -0.2) is 18.1 Å². The minimum atomic E-state index is -3.74. The van der Waals surface area contributed by atoms with Crippen molar-refractivity contribution >= 4 is 21.6 Å². The van der Waals surface area contributed by atoms with Gasteiger partial charge in [-0.2, -0.15) is 0 Å². The molecule has 0 fully saturated rings. The third kappa shape index (κ3) is 5.68. The average Bonchev–Trinajstić information content (AvgIpc) is 2.38. The monoisotopic (exact) mass is 314 g/mol. The molecule has 1 heterocycles. The number of rotatable bonds is 8. The molecule has 0 radical (unpaired) electrons. The van der Waals surface area contributed by atoms with Crippen LogP contribution < -0.4 is 15.4 Å². The Morgan fingerprint density at radius 2 is 2.10 bits per heavy atom. The average molecular weight is 314 g/mol. The molecule has 0 aliphatic carbocycles. The lowest BCUT2D eigenvalue weighted by Gasteiger charge is -2.11. The van der Waals surface area contributed by atoms with E-state index in [2.05, 4.69) is 20.3 Å². The summed E-state index contributed by atoms with van der Waals surface area (Å²) in [6, 6.07) is 3.34. The number of hydrogen-bond acceptors (Lipinski definition) is 5. The second-order valence-electron chi connectivity index (χ2n) is 4.76. The van der Waals surface area contributed by atoms with Gasteiger partial charge >= 0.3 is 0 Å². The molecule has 0 aliphatic heterocycles. The molecule has 0 unspecified atom stereocenters. The lowest BCUT2D eigenvalue weighted by molar-refractivity contribution is -0.121. The third-order valence-electron chi connectivity index (χ3n) is 2.49. The maximum absolute atomic E-state index is 12.2. The first kappa shape index (κ1) is 17.4. The molecular weight excluding hydrogens is 292 g/mol. The standard InChI is InChI=1S/C13H22N4O3S/c1-4-14-11-6-5-8-15-13(11)21(19,20)16-9-7-12(18)17-10(2)3/h5-6,8,10,14,16H,4,7,9H2,1-3H3,(H,17,18). The van der Waals surface area contributed by atoms with E-state index in [-0.39, 0.29) is 29.9 Å². The summed E-state index contributed by atoms with van der Waals surface area (Å²) in [5.74, 6) is -0.194. The Morgan fingerprint density at radius 1 is 1.38 bits per heavy atom. The third-order valence-corrected chi connectivity index (χ3v) is 3.91. The quantitative estimate of drug-likeness (QED) is 0.656. The first-order valence-corrected chi connectivity index (χ1v) is 8.33. The van der Waals surface area contributed by atoms with Gasteiger partial charge in [-0.3, -0.25) is 4.79 Å². The maximum Gasteiger partial charge on any atom is 0.260 e. The van der Waals surface area contributed by atoms with Crippen LogP contribution in [0.25, 0.3) is 0 Å². The van der Waals surface area contributed by atoms with E-state index in [1.807, 2.05) is 20.8 Å². The van der Waals surface area contributed by atoms with Crippen molar-refractivity contribution in [2.24, 2.45) is 0 Å². The summed E-state index contributed by atoms with van der Waals surface area (Å²) >= 11 is 0. The lowest BCUT2D eigenvalue weighted by Crippen LogP contribution is -2.34. The molecule has 0 bridgehead atoms.